The summed E-state index contributed by atoms with van der Waals surface area (Å²) in [6.45, 7) is 7.95. The Bertz CT molecular complexity index is 327. The van der Waals surface area contributed by atoms with E-state index in [2.05, 4.69) is 29.1 Å². The van der Waals surface area contributed by atoms with E-state index in [0.29, 0.717) is 31.5 Å². The van der Waals surface area contributed by atoms with Crippen LogP contribution in [0.2, 0.25) is 0 Å². The molecule has 5 nitrogen and oxygen atoms in total. The Balaban J connectivity index is 2.27. The van der Waals surface area contributed by atoms with E-state index in [9.17, 15) is 4.79 Å². The third-order valence-corrected chi connectivity index (χ3v) is 3.39. The number of rotatable bonds is 5. The van der Waals surface area contributed by atoms with Crippen molar-refractivity contribution in [1.29, 1.82) is 0 Å². The third kappa shape index (κ3) is 5.32. The number of guanidine groups is 1. The highest BCUT2D eigenvalue weighted by molar-refractivity contribution is 5.81. The SMILES string of the molecule is C=CCNC(=NC)NCCC(=O)N1CCCCC1C. The highest BCUT2D eigenvalue weighted by Gasteiger charge is 2.22. The first-order valence-electron chi connectivity index (χ1n) is 7.04. The summed E-state index contributed by atoms with van der Waals surface area (Å²) in [5.41, 5.74) is 0. The Morgan fingerprint density at radius 1 is 1.47 bits per heavy atom. The number of hydrogen-bond acceptors (Lipinski definition) is 2. The van der Waals surface area contributed by atoms with E-state index in [4.69, 9.17) is 0 Å². The summed E-state index contributed by atoms with van der Waals surface area (Å²) in [5.74, 6) is 0.943. The van der Waals surface area contributed by atoms with E-state index >= 15 is 0 Å². The van der Waals surface area contributed by atoms with Crippen molar-refractivity contribution in [2.45, 2.75) is 38.6 Å². The maximum atomic E-state index is 12.1. The van der Waals surface area contributed by atoms with Gasteiger partial charge < -0.3 is 15.5 Å². The fourth-order valence-corrected chi connectivity index (χ4v) is 2.29. The average molecular weight is 266 g/mol. The minimum Gasteiger partial charge on any atom is -0.356 e. The second kappa shape index (κ2) is 8.56. The van der Waals surface area contributed by atoms with Gasteiger partial charge in [-0.3, -0.25) is 9.79 Å². The first-order valence-corrected chi connectivity index (χ1v) is 7.04. The average Bonchev–Trinajstić information content (AvgIpc) is 2.42. The number of carbonyl (C=O) groups excluding carboxylic acids is 1. The molecule has 0 radical (unpaired) electrons. The monoisotopic (exact) mass is 266 g/mol. The molecule has 1 rings (SSSR count). The molecule has 19 heavy (non-hydrogen) atoms. The molecule has 1 unspecified atom stereocenters. The van der Waals surface area contributed by atoms with E-state index in [0.717, 1.165) is 19.4 Å². The van der Waals surface area contributed by atoms with Crippen LogP contribution < -0.4 is 10.6 Å². The van der Waals surface area contributed by atoms with Crippen molar-refractivity contribution < 1.29 is 4.79 Å². The number of aliphatic imine (C=N–C) groups is 1. The molecule has 0 aromatic carbocycles. The smallest absolute Gasteiger partial charge is 0.224 e. The first-order chi connectivity index (χ1) is 9.19. The van der Waals surface area contributed by atoms with Gasteiger partial charge in [-0.2, -0.15) is 0 Å². The second-order valence-electron chi connectivity index (χ2n) is 4.85. The van der Waals surface area contributed by atoms with Crippen molar-refractivity contribution in [3.8, 4) is 0 Å². The Morgan fingerprint density at radius 2 is 2.26 bits per heavy atom. The minimum absolute atomic E-state index is 0.235. The highest BCUT2D eigenvalue weighted by Crippen LogP contribution is 2.16. The van der Waals surface area contributed by atoms with Gasteiger partial charge in [-0.25, -0.2) is 0 Å². The molecule has 5 heteroatoms. The van der Waals surface area contributed by atoms with Crippen molar-refractivity contribution in [2.75, 3.05) is 26.7 Å². The lowest BCUT2D eigenvalue weighted by atomic mass is 10.0. The van der Waals surface area contributed by atoms with Crippen LogP contribution in [0, 0.1) is 0 Å². The minimum atomic E-state index is 0.235. The third-order valence-electron chi connectivity index (χ3n) is 3.39. The fraction of sp³-hybridized carbons (Fsp3) is 0.714. The molecule has 0 aliphatic carbocycles. The molecule has 1 aliphatic rings. The number of nitrogens with one attached hydrogen (secondary N) is 2. The van der Waals surface area contributed by atoms with Gasteiger partial charge in [0.1, 0.15) is 0 Å². The lowest BCUT2D eigenvalue weighted by Gasteiger charge is -2.33. The summed E-state index contributed by atoms with van der Waals surface area (Å²) in [6.07, 6.45) is 5.78. The van der Waals surface area contributed by atoms with Gasteiger partial charge in [-0.15, -0.1) is 6.58 Å². The maximum Gasteiger partial charge on any atom is 0.224 e. The van der Waals surface area contributed by atoms with Crippen LogP contribution in [-0.2, 0) is 4.79 Å². The molecular weight excluding hydrogens is 240 g/mol. The lowest BCUT2D eigenvalue weighted by Crippen LogP contribution is -2.44. The number of piperidine rings is 1. The number of amides is 1. The molecule has 0 spiro atoms. The quantitative estimate of drug-likeness (QED) is 0.445. The van der Waals surface area contributed by atoms with Crippen LogP contribution in [0.4, 0.5) is 0 Å². The van der Waals surface area contributed by atoms with E-state index in [1.54, 1.807) is 13.1 Å². The predicted octanol–water partition coefficient (Wildman–Crippen LogP) is 1.13. The van der Waals surface area contributed by atoms with Crippen molar-refractivity contribution in [1.82, 2.24) is 15.5 Å². The van der Waals surface area contributed by atoms with Crippen LogP contribution >= 0.6 is 0 Å². The number of likely N-dealkylation sites (tertiary alicyclic amines) is 1. The summed E-state index contributed by atoms with van der Waals surface area (Å²) in [5, 5.41) is 6.21. The summed E-state index contributed by atoms with van der Waals surface area (Å²) in [6, 6.07) is 0.388. The molecule has 108 valence electrons. The van der Waals surface area contributed by atoms with Gasteiger partial charge in [0, 0.05) is 39.1 Å². The normalized spacial score (nSPS) is 20.0. The summed E-state index contributed by atoms with van der Waals surface area (Å²) >= 11 is 0. The van der Waals surface area contributed by atoms with Crippen LogP contribution in [0.5, 0.6) is 0 Å². The van der Waals surface area contributed by atoms with Gasteiger partial charge in [0.2, 0.25) is 5.91 Å². The maximum absolute atomic E-state index is 12.1. The van der Waals surface area contributed by atoms with Crippen molar-refractivity contribution in [3.05, 3.63) is 12.7 Å². The fourth-order valence-electron chi connectivity index (χ4n) is 2.29. The van der Waals surface area contributed by atoms with Gasteiger partial charge in [0.15, 0.2) is 5.96 Å². The Hall–Kier alpha value is -1.52. The van der Waals surface area contributed by atoms with Gasteiger partial charge in [0.25, 0.3) is 0 Å². The van der Waals surface area contributed by atoms with Gasteiger partial charge in [0.05, 0.1) is 0 Å². The van der Waals surface area contributed by atoms with Gasteiger partial charge in [-0.05, 0) is 26.2 Å². The number of nitrogens with zero attached hydrogens (tertiary/aromatic N) is 2. The Kier molecular flexibility index (Phi) is 7.00. The van der Waals surface area contributed by atoms with Crippen LogP contribution in [0.25, 0.3) is 0 Å². The summed E-state index contributed by atoms with van der Waals surface area (Å²) in [4.78, 5) is 18.2. The van der Waals surface area contributed by atoms with Crippen molar-refractivity contribution >= 4 is 11.9 Å². The molecule has 2 N–H and O–H groups in total. The van der Waals surface area contributed by atoms with E-state index < -0.39 is 0 Å². The van der Waals surface area contributed by atoms with Gasteiger partial charge in [-0.1, -0.05) is 6.08 Å². The van der Waals surface area contributed by atoms with Crippen LogP contribution in [0.1, 0.15) is 32.6 Å². The zero-order valence-electron chi connectivity index (χ0n) is 12.1. The van der Waals surface area contributed by atoms with Crippen molar-refractivity contribution in [2.24, 2.45) is 4.99 Å². The molecule has 1 atom stereocenters. The molecule has 0 bridgehead atoms. The molecule has 1 saturated heterocycles. The van der Waals surface area contributed by atoms with E-state index in [1.807, 2.05) is 4.90 Å². The molecule has 1 heterocycles. The second-order valence-corrected chi connectivity index (χ2v) is 4.85. The standard InChI is InChI=1S/C14H26N4O/c1-4-9-16-14(15-3)17-10-8-13(19)18-11-6-5-7-12(18)2/h4,12H,1,5-11H2,2-3H3,(H2,15,16,17). The summed E-state index contributed by atoms with van der Waals surface area (Å²) in [7, 11) is 1.72. The largest absolute Gasteiger partial charge is 0.356 e. The number of carbonyl (C=O) groups is 1. The lowest BCUT2D eigenvalue weighted by molar-refractivity contribution is -0.134. The molecule has 1 fully saturated rings. The summed E-state index contributed by atoms with van der Waals surface area (Å²) < 4.78 is 0. The molecule has 1 amide bonds. The predicted molar refractivity (Wildman–Crippen MR) is 79.2 cm³/mol. The zero-order chi connectivity index (χ0) is 14.1. The molecule has 0 aromatic heterocycles. The topological polar surface area (TPSA) is 56.7 Å². The molecule has 1 aliphatic heterocycles. The van der Waals surface area contributed by atoms with Crippen LogP contribution in [0.15, 0.2) is 17.6 Å². The van der Waals surface area contributed by atoms with Crippen LogP contribution in [-0.4, -0.2) is 49.5 Å². The molecule has 0 saturated carbocycles. The van der Waals surface area contributed by atoms with E-state index in [1.165, 1.54) is 6.42 Å². The van der Waals surface area contributed by atoms with Crippen molar-refractivity contribution in [3.63, 3.8) is 0 Å². The first kappa shape index (κ1) is 15.5. The number of hydrogen-bond donors (Lipinski definition) is 2. The van der Waals surface area contributed by atoms with Crippen LogP contribution in [0.3, 0.4) is 0 Å². The highest BCUT2D eigenvalue weighted by atomic mass is 16.2. The van der Waals surface area contributed by atoms with Gasteiger partial charge >= 0.3 is 0 Å². The molecule has 0 aromatic rings. The van der Waals surface area contributed by atoms with E-state index in [-0.39, 0.29) is 5.91 Å². The molecular formula is C14H26N4O. The Labute approximate surface area is 116 Å². The zero-order valence-corrected chi connectivity index (χ0v) is 12.1. The Morgan fingerprint density at radius 3 is 2.89 bits per heavy atom.